The second-order valence-electron chi connectivity index (χ2n) is 9.68. The number of benzene rings is 1. The van der Waals surface area contributed by atoms with Crippen LogP contribution in [0.25, 0.3) is 0 Å². The minimum atomic E-state index is -4.58. The highest BCUT2D eigenvalue weighted by Crippen LogP contribution is 2.43. The highest BCUT2D eigenvalue weighted by atomic mass is 19.4. The maximum atomic E-state index is 13.3. The highest BCUT2D eigenvalue weighted by Gasteiger charge is 2.52. The maximum Gasteiger partial charge on any atom is 0.426 e. The van der Waals surface area contributed by atoms with Crippen LogP contribution < -0.4 is 10.1 Å². The molecule has 4 rings (SSSR count). The van der Waals surface area contributed by atoms with Crippen LogP contribution in [0.4, 0.5) is 13.2 Å². The number of fused-ring (bicyclic) bond motifs is 2. The number of hydrogen-bond donors (Lipinski definition) is 1. The summed E-state index contributed by atoms with van der Waals surface area (Å²) in [5, 5.41) is 2.91. The second kappa shape index (κ2) is 8.85. The van der Waals surface area contributed by atoms with Gasteiger partial charge in [0.1, 0.15) is 11.7 Å². The van der Waals surface area contributed by atoms with Gasteiger partial charge in [0.2, 0.25) is 12.0 Å². The maximum absolute atomic E-state index is 13.3. The minimum Gasteiger partial charge on any atom is -0.496 e. The Morgan fingerprint density at radius 2 is 1.79 bits per heavy atom. The molecule has 2 saturated heterocycles. The number of halogens is 3. The molecule has 0 radical (unpaired) electrons. The zero-order chi connectivity index (χ0) is 24.1. The van der Waals surface area contributed by atoms with Gasteiger partial charge in [-0.2, -0.15) is 13.2 Å². The SMILES string of the molecule is COc1ccc(C(C)N2C3CCC2CC(NC(=O)C2C=C(C)OC2C(F)(F)F)C3)c(C)c1C. The van der Waals surface area contributed by atoms with Crippen LogP contribution in [-0.4, -0.2) is 48.3 Å². The summed E-state index contributed by atoms with van der Waals surface area (Å²) >= 11 is 0. The summed E-state index contributed by atoms with van der Waals surface area (Å²) < 4.78 is 50.3. The standard InChI is InChI=1S/C25H33F3N2O3/c1-13-10-21(23(33-13)25(26,27)28)24(31)29-17-11-18-6-7-19(12-17)30(18)16(4)20-8-9-22(32-5)15(3)14(20)2/h8-10,16-19,21,23H,6-7,11-12H2,1-5H3,(H,29,31). The van der Waals surface area contributed by atoms with E-state index in [1.165, 1.54) is 24.1 Å². The van der Waals surface area contributed by atoms with Crippen molar-refractivity contribution in [1.82, 2.24) is 10.2 Å². The first-order valence-electron chi connectivity index (χ1n) is 11.6. The summed E-state index contributed by atoms with van der Waals surface area (Å²) in [4.78, 5) is 15.3. The predicted octanol–water partition coefficient (Wildman–Crippen LogP) is 4.97. The molecule has 182 valence electrons. The van der Waals surface area contributed by atoms with Crippen LogP contribution in [0.2, 0.25) is 0 Å². The number of allylic oxidation sites excluding steroid dienone is 1. The van der Waals surface area contributed by atoms with Crippen molar-refractivity contribution < 1.29 is 27.4 Å². The van der Waals surface area contributed by atoms with Gasteiger partial charge in [-0.15, -0.1) is 0 Å². The van der Waals surface area contributed by atoms with Gasteiger partial charge >= 0.3 is 6.18 Å². The van der Waals surface area contributed by atoms with Crippen LogP contribution in [0.1, 0.15) is 62.3 Å². The third-order valence-electron chi connectivity index (χ3n) is 7.71. The van der Waals surface area contributed by atoms with Crippen molar-refractivity contribution in [3.8, 4) is 5.75 Å². The number of alkyl halides is 3. The average Bonchev–Trinajstić information content (AvgIpc) is 3.27. The van der Waals surface area contributed by atoms with Gasteiger partial charge in [0.15, 0.2) is 0 Å². The monoisotopic (exact) mass is 466 g/mol. The van der Waals surface area contributed by atoms with E-state index in [0.717, 1.165) is 37.0 Å². The fourth-order valence-electron chi connectivity index (χ4n) is 6.05. The Labute approximate surface area is 193 Å². The number of rotatable bonds is 5. The van der Waals surface area contributed by atoms with Crippen molar-refractivity contribution in [1.29, 1.82) is 0 Å². The molecule has 1 aromatic rings. The van der Waals surface area contributed by atoms with Crippen LogP contribution >= 0.6 is 0 Å². The van der Waals surface area contributed by atoms with Crippen molar-refractivity contribution in [3.63, 3.8) is 0 Å². The van der Waals surface area contributed by atoms with E-state index in [0.29, 0.717) is 12.1 Å². The van der Waals surface area contributed by atoms with E-state index in [1.54, 1.807) is 7.11 Å². The molecule has 0 spiro atoms. The summed E-state index contributed by atoms with van der Waals surface area (Å²) in [5.41, 5.74) is 3.63. The van der Waals surface area contributed by atoms with Gasteiger partial charge in [-0.3, -0.25) is 9.69 Å². The number of ether oxygens (including phenoxy) is 2. The molecule has 0 saturated carbocycles. The molecular formula is C25H33F3N2O3. The molecule has 5 atom stereocenters. The van der Waals surface area contributed by atoms with Crippen LogP contribution in [-0.2, 0) is 9.53 Å². The number of amides is 1. The molecule has 5 unspecified atom stereocenters. The first-order chi connectivity index (χ1) is 15.5. The number of piperidine rings is 1. The number of carbonyl (C=O) groups is 1. The lowest BCUT2D eigenvalue weighted by molar-refractivity contribution is -0.213. The zero-order valence-electron chi connectivity index (χ0n) is 19.8. The zero-order valence-corrected chi connectivity index (χ0v) is 19.8. The molecule has 1 aromatic carbocycles. The van der Waals surface area contributed by atoms with Crippen molar-refractivity contribution in [3.05, 3.63) is 40.7 Å². The molecular weight excluding hydrogens is 433 g/mol. The van der Waals surface area contributed by atoms with Gasteiger partial charge in [-0.1, -0.05) is 6.07 Å². The summed E-state index contributed by atoms with van der Waals surface area (Å²) in [5.74, 6) is -0.900. The summed E-state index contributed by atoms with van der Waals surface area (Å²) in [6.07, 6.45) is -1.84. The fraction of sp³-hybridized carbons (Fsp3) is 0.640. The molecule has 1 amide bonds. The predicted molar refractivity (Wildman–Crippen MR) is 119 cm³/mol. The molecule has 3 aliphatic heterocycles. The van der Waals surface area contributed by atoms with Gasteiger partial charge in [0.25, 0.3) is 0 Å². The molecule has 1 N–H and O–H groups in total. The van der Waals surface area contributed by atoms with Crippen LogP contribution in [0.3, 0.4) is 0 Å². The third-order valence-corrected chi connectivity index (χ3v) is 7.71. The molecule has 2 bridgehead atoms. The van der Waals surface area contributed by atoms with Crippen molar-refractivity contribution in [2.75, 3.05) is 7.11 Å². The normalized spacial score (nSPS) is 30.5. The van der Waals surface area contributed by atoms with Crippen LogP contribution in [0, 0.1) is 19.8 Å². The Morgan fingerprint density at radius 1 is 1.15 bits per heavy atom. The van der Waals surface area contributed by atoms with Gasteiger partial charge in [0, 0.05) is 24.2 Å². The van der Waals surface area contributed by atoms with E-state index in [4.69, 9.17) is 9.47 Å². The minimum absolute atomic E-state index is 0.125. The van der Waals surface area contributed by atoms with E-state index in [9.17, 15) is 18.0 Å². The van der Waals surface area contributed by atoms with Gasteiger partial charge < -0.3 is 14.8 Å². The Kier molecular flexibility index (Phi) is 6.42. The van der Waals surface area contributed by atoms with Gasteiger partial charge in [0.05, 0.1) is 12.9 Å². The molecule has 3 aliphatic rings. The lowest BCUT2D eigenvalue weighted by Crippen LogP contribution is -2.53. The highest BCUT2D eigenvalue weighted by molar-refractivity contribution is 5.82. The Hall–Kier alpha value is -2.22. The molecule has 0 aliphatic carbocycles. The quantitative estimate of drug-likeness (QED) is 0.666. The largest absolute Gasteiger partial charge is 0.496 e. The molecule has 0 aromatic heterocycles. The topological polar surface area (TPSA) is 50.8 Å². The van der Waals surface area contributed by atoms with E-state index in [2.05, 4.69) is 37.1 Å². The van der Waals surface area contributed by atoms with Crippen molar-refractivity contribution >= 4 is 5.91 Å². The molecule has 3 heterocycles. The summed E-state index contributed by atoms with van der Waals surface area (Å²) in [6.45, 7) is 7.86. The molecule has 2 fully saturated rings. The van der Waals surface area contributed by atoms with Gasteiger partial charge in [-0.05, 0) is 82.2 Å². The number of hydrogen-bond acceptors (Lipinski definition) is 4. The third kappa shape index (κ3) is 4.46. The van der Waals surface area contributed by atoms with E-state index < -0.39 is 24.1 Å². The Bertz CT molecular complexity index is 932. The van der Waals surface area contributed by atoms with Crippen LogP contribution in [0.5, 0.6) is 5.75 Å². The smallest absolute Gasteiger partial charge is 0.426 e. The fourth-order valence-corrected chi connectivity index (χ4v) is 6.05. The van der Waals surface area contributed by atoms with E-state index in [-0.39, 0.29) is 17.8 Å². The number of carbonyl (C=O) groups excluding carboxylic acids is 1. The van der Waals surface area contributed by atoms with Crippen LogP contribution in [0.15, 0.2) is 24.0 Å². The Morgan fingerprint density at radius 3 is 2.36 bits per heavy atom. The van der Waals surface area contributed by atoms with E-state index >= 15 is 0 Å². The lowest BCUT2D eigenvalue weighted by atomic mass is 9.90. The van der Waals surface area contributed by atoms with Crippen molar-refractivity contribution in [2.24, 2.45) is 5.92 Å². The molecule has 33 heavy (non-hydrogen) atoms. The summed E-state index contributed by atoms with van der Waals surface area (Å²) in [7, 11) is 1.68. The lowest BCUT2D eigenvalue weighted by Gasteiger charge is -2.43. The molecule has 5 nitrogen and oxygen atoms in total. The first-order valence-corrected chi connectivity index (χ1v) is 11.6. The molecule has 8 heteroatoms. The average molecular weight is 467 g/mol. The second-order valence-corrected chi connectivity index (χ2v) is 9.68. The Balaban J connectivity index is 1.44. The number of nitrogens with zero attached hydrogens (tertiary/aromatic N) is 1. The first kappa shape index (κ1) is 23.9. The number of methoxy groups -OCH3 is 1. The summed E-state index contributed by atoms with van der Waals surface area (Å²) in [6, 6.07) is 4.82. The van der Waals surface area contributed by atoms with Gasteiger partial charge in [-0.25, -0.2) is 0 Å². The van der Waals surface area contributed by atoms with E-state index in [1.807, 2.05) is 6.07 Å². The van der Waals surface area contributed by atoms with Crippen molar-refractivity contribution in [2.45, 2.75) is 89.8 Å². The number of nitrogens with one attached hydrogen (secondary N) is 1.